The van der Waals surface area contributed by atoms with Crippen LogP contribution in [0.2, 0.25) is 0 Å². The van der Waals surface area contributed by atoms with Crippen LogP contribution in [0.4, 0.5) is 0 Å². The Balaban J connectivity index is 1.74. The molecule has 0 saturated carbocycles. The van der Waals surface area contributed by atoms with Crippen molar-refractivity contribution < 1.29 is 29.2 Å². The zero-order valence-corrected chi connectivity index (χ0v) is 11.1. The standard InChI is InChI=1S/C14H18O6/c1-17-14-11(16)10(15)12-9(19-14)7-18-13(20-12)8-5-3-2-4-6-8/h2-6,9-16H,7H2,1H3/t9-,10+,11+,12-,13-,14+/m1/s1. The highest BCUT2D eigenvalue weighted by Crippen LogP contribution is 2.33. The van der Waals surface area contributed by atoms with Gasteiger partial charge < -0.3 is 29.2 Å². The highest BCUT2D eigenvalue weighted by molar-refractivity contribution is 5.16. The third-order valence-corrected chi connectivity index (χ3v) is 3.64. The maximum Gasteiger partial charge on any atom is 0.186 e. The van der Waals surface area contributed by atoms with Crippen LogP contribution >= 0.6 is 0 Å². The number of fused-ring (bicyclic) bond motifs is 1. The van der Waals surface area contributed by atoms with Gasteiger partial charge in [-0.1, -0.05) is 30.3 Å². The van der Waals surface area contributed by atoms with Gasteiger partial charge >= 0.3 is 0 Å². The van der Waals surface area contributed by atoms with Gasteiger partial charge in [-0.05, 0) is 0 Å². The number of aliphatic hydroxyl groups excluding tert-OH is 2. The number of aliphatic hydroxyl groups is 2. The van der Waals surface area contributed by atoms with Gasteiger partial charge in [-0.2, -0.15) is 0 Å². The van der Waals surface area contributed by atoms with Crippen LogP contribution in [0, 0.1) is 0 Å². The van der Waals surface area contributed by atoms with Crippen molar-refractivity contribution in [2.24, 2.45) is 0 Å². The fourth-order valence-electron chi connectivity index (χ4n) is 2.55. The van der Waals surface area contributed by atoms with Gasteiger partial charge in [0.15, 0.2) is 12.6 Å². The number of hydrogen-bond donors (Lipinski definition) is 2. The van der Waals surface area contributed by atoms with Gasteiger partial charge in [0, 0.05) is 12.7 Å². The second kappa shape index (κ2) is 5.77. The van der Waals surface area contributed by atoms with Crippen molar-refractivity contribution in [1.29, 1.82) is 0 Å². The number of benzene rings is 1. The van der Waals surface area contributed by atoms with E-state index in [4.69, 9.17) is 18.9 Å². The van der Waals surface area contributed by atoms with E-state index in [0.717, 1.165) is 5.56 Å². The Hall–Kier alpha value is -1.02. The van der Waals surface area contributed by atoms with Crippen LogP contribution in [0.15, 0.2) is 30.3 Å². The maximum absolute atomic E-state index is 10.1. The summed E-state index contributed by atoms with van der Waals surface area (Å²) in [7, 11) is 1.41. The molecular weight excluding hydrogens is 264 g/mol. The van der Waals surface area contributed by atoms with E-state index < -0.39 is 37.0 Å². The maximum atomic E-state index is 10.1. The first-order valence-corrected chi connectivity index (χ1v) is 6.57. The van der Waals surface area contributed by atoms with E-state index in [1.54, 1.807) is 0 Å². The van der Waals surface area contributed by atoms with Crippen molar-refractivity contribution in [3.63, 3.8) is 0 Å². The van der Waals surface area contributed by atoms with Crippen molar-refractivity contribution >= 4 is 0 Å². The van der Waals surface area contributed by atoms with Gasteiger partial charge in [-0.3, -0.25) is 0 Å². The Labute approximate surface area is 116 Å². The van der Waals surface area contributed by atoms with Gasteiger partial charge in [0.1, 0.15) is 24.4 Å². The summed E-state index contributed by atoms with van der Waals surface area (Å²) in [6, 6.07) is 9.45. The number of rotatable bonds is 2. The van der Waals surface area contributed by atoms with E-state index in [2.05, 4.69) is 0 Å². The van der Waals surface area contributed by atoms with Crippen molar-refractivity contribution in [3.05, 3.63) is 35.9 Å². The van der Waals surface area contributed by atoms with E-state index in [1.807, 2.05) is 30.3 Å². The Kier molecular flexibility index (Phi) is 4.02. The molecule has 0 aromatic heterocycles. The van der Waals surface area contributed by atoms with Gasteiger partial charge in [0.25, 0.3) is 0 Å². The molecule has 2 heterocycles. The molecule has 6 atom stereocenters. The Morgan fingerprint density at radius 1 is 1.10 bits per heavy atom. The van der Waals surface area contributed by atoms with Crippen molar-refractivity contribution in [2.45, 2.75) is 37.0 Å². The fourth-order valence-corrected chi connectivity index (χ4v) is 2.55. The second-order valence-corrected chi connectivity index (χ2v) is 4.94. The first-order valence-electron chi connectivity index (χ1n) is 6.57. The molecule has 2 fully saturated rings. The summed E-state index contributed by atoms with van der Waals surface area (Å²) in [5.41, 5.74) is 0.863. The molecule has 3 rings (SSSR count). The van der Waals surface area contributed by atoms with E-state index in [-0.39, 0.29) is 6.61 Å². The minimum Gasteiger partial charge on any atom is -0.387 e. The average Bonchev–Trinajstić information content (AvgIpc) is 2.51. The minimum absolute atomic E-state index is 0.272. The van der Waals surface area contributed by atoms with Crippen LogP contribution in [-0.2, 0) is 18.9 Å². The largest absolute Gasteiger partial charge is 0.387 e. The molecule has 6 heteroatoms. The summed E-state index contributed by atoms with van der Waals surface area (Å²) >= 11 is 0. The summed E-state index contributed by atoms with van der Waals surface area (Å²) in [5.74, 6) is 0. The molecule has 20 heavy (non-hydrogen) atoms. The molecule has 0 unspecified atom stereocenters. The van der Waals surface area contributed by atoms with E-state index in [1.165, 1.54) is 7.11 Å². The molecular formula is C14H18O6. The van der Waals surface area contributed by atoms with Gasteiger partial charge in [0.2, 0.25) is 0 Å². The number of methoxy groups -OCH3 is 1. The summed E-state index contributed by atoms with van der Waals surface area (Å²) < 4.78 is 21.9. The first kappa shape index (κ1) is 13.9. The summed E-state index contributed by atoms with van der Waals surface area (Å²) in [6.07, 6.45) is -4.76. The lowest BCUT2D eigenvalue weighted by atomic mass is 9.98. The molecule has 0 bridgehead atoms. The number of hydrogen-bond acceptors (Lipinski definition) is 6. The lowest BCUT2D eigenvalue weighted by Gasteiger charge is -2.45. The SMILES string of the molecule is CO[C@H]1O[C@@H]2CO[C@@H](c3ccccc3)O[C@H]2[C@@H](O)[C@@H]1O. The molecule has 2 N–H and O–H groups in total. The van der Waals surface area contributed by atoms with Gasteiger partial charge in [-0.15, -0.1) is 0 Å². The van der Waals surface area contributed by atoms with Gasteiger partial charge in [-0.25, -0.2) is 0 Å². The van der Waals surface area contributed by atoms with Crippen molar-refractivity contribution in [3.8, 4) is 0 Å². The van der Waals surface area contributed by atoms with Gasteiger partial charge in [0.05, 0.1) is 6.61 Å². The van der Waals surface area contributed by atoms with Crippen LogP contribution in [0.3, 0.4) is 0 Å². The van der Waals surface area contributed by atoms with Crippen molar-refractivity contribution in [2.75, 3.05) is 13.7 Å². The normalized spacial score (nSPS) is 41.1. The van der Waals surface area contributed by atoms with Crippen molar-refractivity contribution in [1.82, 2.24) is 0 Å². The molecule has 2 saturated heterocycles. The summed E-state index contributed by atoms with van der Waals surface area (Å²) in [4.78, 5) is 0. The zero-order valence-electron chi connectivity index (χ0n) is 11.1. The van der Waals surface area contributed by atoms with E-state index >= 15 is 0 Å². The van der Waals surface area contributed by atoms with Crippen LogP contribution < -0.4 is 0 Å². The Bertz CT molecular complexity index is 437. The predicted molar refractivity (Wildman–Crippen MR) is 67.7 cm³/mol. The molecule has 2 aliphatic heterocycles. The zero-order chi connectivity index (χ0) is 14.1. The quantitative estimate of drug-likeness (QED) is 0.806. The molecule has 0 amide bonds. The van der Waals surface area contributed by atoms with Crippen LogP contribution in [0.5, 0.6) is 0 Å². The lowest BCUT2D eigenvalue weighted by molar-refractivity contribution is -0.358. The predicted octanol–water partition coefficient (Wildman–Crippen LogP) is 0.194. The van der Waals surface area contributed by atoms with Crippen LogP contribution in [-0.4, -0.2) is 54.6 Å². The molecule has 0 aliphatic carbocycles. The summed E-state index contributed by atoms with van der Waals surface area (Å²) in [5, 5.41) is 20.1. The average molecular weight is 282 g/mol. The lowest BCUT2D eigenvalue weighted by Crippen LogP contribution is -2.62. The highest BCUT2D eigenvalue weighted by atomic mass is 16.7. The van der Waals surface area contributed by atoms with Crippen LogP contribution in [0.25, 0.3) is 0 Å². The van der Waals surface area contributed by atoms with Crippen LogP contribution in [0.1, 0.15) is 11.9 Å². The summed E-state index contributed by atoms with van der Waals surface area (Å²) in [6.45, 7) is 0.272. The topological polar surface area (TPSA) is 77.4 Å². The molecule has 0 radical (unpaired) electrons. The van der Waals surface area contributed by atoms with E-state index in [0.29, 0.717) is 0 Å². The Morgan fingerprint density at radius 3 is 2.55 bits per heavy atom. The third kappa shape index (κ3) is 2.46. The fraction of sp³-hybridized carbons (Fsp3) is 0.571. The highest BCUT2D eigenvalue weighted by Gasteiger charge is 2.48. The smallest absolute Gasteiger partial charge is 0.186 e. The molecule has 2 aliphatic rings. The molecule has 1 aromatic carbocycles. The minimum atomic E-state index is -1.14. The third-order valence-electron chi connectivity index (χ3n) is 3.64. The molecule has 0 spiro atoms. The van der Waals surface area contributed by atoms with E-state index in [9.17, 15) is 10.2 Å². The molecule has 1 aromatic rings. The first-order chi connectivity index (χ1) is 9.70. The second-order valence-electron chi connectivity index (χ2n) is 4.94. The molecule has 6 nitrogen and oxygen atoms in total. The Morgan fingerprint density at radius 2 is 1.85 bits per heavy atom. The number of ether oxygens (including phenoxy) is 4. The molecule has 110 valence electrons. The monoisotopic (exact) mass is 282 g/mol.